The number of benzene rings is 2. The van der Waals surface area contributed by atoms with Crippen LogP contribution in [0.15, 0.2) is 47.8 Å². The molecule has 2 aromatic carbocycles. The van der Waals surface area contributed by atoms with Gasteiger partial charge in [-0.1, -0.05) is 0 Å². The highest BCUT2D eigenvalue weighted by atomic mass is 32.1. The number of carbonyl (C=O) groups is 2. The lowest BCUT2D eigenvalue weighted by atomic mass is 10.1. The Balaban J connectivity index is 1.89. The maximum Gasteiger partial charge on any atom is 0.252 e. The van der Waals surface area contributed by atoms with E-state index in [2.05, 4.69) is 10.3 Å². The summed E-state index contributed by atoms with van der Waals surface area (Å²) in [5, 5.41) is 15.1. The summed E-state index contributed by atoms with van der Waals surface area (Å²) in [4.78, 5) is 27.0. The van der Waals surface area contributed by atoms with Gasteiger partial charge in [0.05, 0.1) is 11.3 Å². The van der Waals surface area contributed by atoms with Gasteiger partial charge in [0.1, 0.15) is 10.8 Å². The maximum atomic E-state index is 11.4. The fourth-order valence-corrected chi connectivity index (χ4v) is 3.17. The Labute approximate surface area is 148 Å². The summed E-state index contributed by atoms with van der Waals surface area (Å²) >= 11 is 1.46. The van der Waals surface area contributed by atoms with E-state index in [4.69, 9.17) is 5.73 Å². The van der Waals surface area contributed by atoms with E-state index in [-0.39, 0.29) is 17.2 Å². The van der Waals surface area contributed by atoms with E-state index in [1.807, 2.05) is 29.6 Å². The smallest absolute Gasteiger partial charge is 0.252 e. The molecule has 0 atom stereocenters. The maximum absolute atomic E-state index is 11.4. The number of carbonyl (C=O) groups excluding carboxylic acids is 2. The van der Waals surface area contributed by atoms with Gasteiger partial charge < -0.3 is 16.2 Å². The van der Waals surface area contributed by atoms with Crippen molar-refractivity contribution >= 4 is 28.8 Å². The van der Waals surface area contributed by atoms with Gasteiger partial charge in [-0.3, -0.25) is 9.59 Å². The molecule has 0 aliphatic carbocycles. The molecule has 0 saturated carbocycles. The first kappa shape index (κ1) is 16.7. The average Bonchev–Trinajstić information content (AvgIpc) is 3.05. The predicted molar refractivity (Wildman–Crippen MR) is 97.5 cm³/mol. The molecular formula is C18H15N3O3S. The van der Waals surface area contributed by atoms with Gasteiger partial charge in [-0.15, -0.1) is 11.3 Å². The lowest BCUT2D eigenvalue weighted by Crippen LogP contribution is -2.11. The van der Waals surface area contributed by atoms with Gasteiger partial charge in [-0.2, -0.15) is 0 Å². The number of hydrogen-bond donors (Lipinski definition) is 3. The van der Waals surface area contributed by atoms with Crippen LogP contribution in [0.3, 0.4) is 0 Å². The number of nitrogens with one attached hydrogen (secondary N) is 1. The van der Waals surface area contributed by atoms with E-state index in [1.54, 1.807) is 6.07 Å². The van der Waals surface area contributed by atoms with Crippen LogP contribution in [0.4, 0.5) is 5.69 Å². The van der Waals surface area contributed by atoms with Crippen molar-refractivity contribution in [3.8, 4) is 27.6 Å². The van der Waals surface area contributed by atoms with Gasteiger partial charge in [-0.05, 0) is 42.5 Å². The zero-order chi connectivity index (χ0) is 18.0. The second-order valence-electron chi connectivity index (χ2n) is 5.39. The molecule has 4 N–H and O–H groups in total. The summed E-state index contributed by atoms with van der Waals surface area (Å²) < 4.78 is 0. The number of thiazole rings is 1. The molecule has 2 amide bonds. The molecule has 0 radical (unpaired) electrons. The number of aromatic nitrogens is 1. The van der Waals surface area contributed by atoms with Crippen LogP contribution < -0.4 is 11.1 Å². The number of hydrogen-bond acceptors (Lipinski definition) is 5. The van der Waals surface area contributed by atoms with Gasteiger partial charge in [-0.25, -0.2) is 4.98 Å². The largest absolute Gasteiger partial charge is 0.507 e. The molecule has 0 fully saturated rings. The minimum absolute atomic E-state index is 0.0618. The number of nitrogens with two attached hydrogens (primary N) is 1. The summed E-state index contributed by atoms with van der Waals surface area (Å²) in [6.45, 7) is 1.46. The van der Waals surface area contributed by atoms with Crippen LogP contribution in [0, 0.1) is 0 Å². The molecule has 0 aliphatic heterocycles. The van der Waals surface area contributed by atoms with Crippen molar-refractivity contribution in [1.29, 1.82) is 0 Å². The van der Waals surface area contributed by atoms with Crippen LogP contribution in [0.2, 0.25) is 0 Å². The molecule has 0 spiro atoms. The fraction of sp³-hybridized carbons (Fsp3) is 0.0556. The van der Waals surface area contributed by atoms with Crippen LogP contribution >= 0.6 is 11.3 Å². The minimum Gasteiger partial charge on any atom is -0.507 e. The highest BCUT2D eigenvalue weighted by molar-refractivity contribution is 7.13. The van der Waals surface area contributed by atoms with Crippen molar-refractivity contribution in [3.63, 3.8) is 0 Å². The second-order valence-corrected chi connectivity index (χ2v) is 6.25. The van der Waals surface area contributed by atoms with Crippen LogP contribution in [-0.4, -0.2) is 21.9 Å². The van der Waals surface area contributed by atoms with Crippen LogP contribution in [-0.2, 0) is 4.79 Å². The highest BCUT2D eigenvalue weighted by Crippen LogP contribution is 2.31. The summed E-state index contributed by atoms with van der Waals surface area (Å²) in [5.74, 6) is -0.967. The number of phenols is 1. The summed E-state index contributed by atoms with van der Waals surface area (Å²) in [6, 6.07) is 12.0. The summed E-state index contributed by atoms with van der Waals surface area (Å²) in [6.07, 6.45) is 0. The molecule has 3 aromatic rings. The Morgan fingerprint density at radius 1 is 1.12 bits per heavy atom. The van der Waals surface area contributed by atoms with Gasteiger partial charge >= 0.3 is 0 Å². The van der Waals surface area contributed by atoms with Crippen LogP contribution in [0.25, 0.3) is 21.8 Å². The SMILES string of the molecule is CC(=O)Nc1ccc(-c2nc(-c3ccc(O)c(C(N)=O)c3)cs2)cc1. The molecule has 1 heterocycles. The quantitative estimate of drug-likeness (QED) is 0.669. The molecule has 3 rings (SSSR count). The van der Waals surface area contributed by atoms with E-state index in [1.165, 1.54) is 30.4 Å². The molecule has 1 aromatic heterocycles. The lowest BCUT2D eigenvalue weighted by Gasteiger charge is -2.03. The van der Waals surface area contributed by atoms with Gasteiger partial charge in [0.2, 0.25) is 5.91 Å². The van der Waals surface area contributed by atoms with Crippen molar-refractivity contribution in [1.82, 2.24) is 4.98 Å². The third-order valence-corrected chi connectivity index (χ3v) is 4.41. The Hall–Kier alpha value is -3.19. The van der Waals surface area contributed by atoms with E-state index in [0.29, 0.717) is 11.3 Å². The van der Waals surface area contributed by atoms with Gasteiger partial charge in [0, 0.05) is 29.1 Å². The molecule has 0 aliphatic rings. The highest BCUT2D eigenvalue weighted by Gasteiger charge is 2.12. The number of nitrogens with zero attached hydrogens (tertiary/aromatic N) is 1. The molecule has 126 valence electrons. The van der Waals surface area contributed by atoms with Crippen molar-refractivity contribution in [2.75, 3.05) is 5.32 Å². The van der Waals surface area contributed by atoms with E-state index < -0.39 is 5.91 Å². The van der Waals surface area contributed by atoms with Crippen LogP contribution in [0.5, 0.6) is 5.75 Å². The zero-order valence-corrected chi connectivity index (χ0v) is 14.1. The summed E-state index contributed by atoms with van der Waals surface area (Å²) in [7, 11) is 0. The third-order valence-electron chi connectivity index (χ3n) is 3.51. The standard InChI is InChI=1S/C18H15N3O3S/c1-10(22)20-13-5-2-11(3-6-13)18-21-15(9-25-18)12-4-7-16(23)14(8-12)17(19)24/h2-9,23H,1H3,(H2,19,24)(H,20,22). The number of primary amides is 1. The van der Waals surface area contributed by atoms with E-state index in [0.717, 1.165) is 16.3 Å². The normalized spacial score (nSPS) is 10.4. The Morgan fingerprint density at radius 3 is 2.44 bits per heavy atom. The fourth-order valence-electron chi connectivity index (χ4n) is 2.33. The average molecular weight is 353 g/mol. The molecular weight excluding hydrogens is 338 g/mol. The second kappa shape index (κ2) is 6.74. The summed E-state index contributed by atoms with van der Waals surface area (Å²) in [5.41, 5.74) is 8.34. The molecule has 0 unspecified atom stereocenters. The first-order chi connectivity index (χ1) is 11.9. The topological polar surface area (TPSA) is 105 Å². The first-order valence-corrected chi connectivity index (χ1v) is 8.29. The Kier molecular flexibility index (Phi) is 4.49. The van der Waals surface area contributed by atoms with Crippen molar-refractivity contribution in [3.05, 3.63) is 53.4 Å². The van der Waals surface area contributed by atoms with E-state index in [9.17, 15) is 14.7 Å². The van der Waals surface area contributed by atoms with Gasteiger partial charge in [0.15, 0.2) is 0 Å². The minimum atomic E-state index is -0.691. The van der Waals surface area contributed by atoms with E-state index >= 15 is 0 Å². The molecule has 0 bridgehead atoms. The Morgan fingerprint density at radius 2 is 1.80 bits per heavy atom. The zero-order valence-electron chi connectivity index (χ0n) is 13.3. The van der Waals surface area contributed by atoms with Gasteiger partial charge in [0.25, 0.3) is 5.91 Å². The number of rotatable bonds is 4. The monoisotopic (exact) mass is 353 g/mol. The van der Waals surface area contributed by atoms with Crippen molar-refractivity contribution < 1.29 is 14.7 Å². The van der Waals surface area contributed by atoms with Crippen molar-refractivity contribution in [2.45, 2.75) is 6.92 Å². The molecule has 6 nitrogen and oxygen atoms in total. The van der Waals surface area contributed by atoms with Crippen LogP contribution in [0.1, 0.15) is 17.3 Å². The predicted octanol–water partition coefficient (Wildman–Crippen LogP) is 3.24. The molecule has 7 heteroatoms. The molecule has 25 heavy (non-hydrogen) atoms. The number of anilines is 1. The lowest BCUT2D eigenvalue weighted by molar-refractivity contribution is -0.114. The van der Waals surface area contributed by atoms with Crippen molar-refractivity contribution in [2.24, 2.45) is 5.73 Å². The number of amides is 2. The molecule has 0 saturated heterocycles. The third kappa shape index (κ3) is 3.67. The first-order valence-electron chi connectivity index (χ1n) is 7.41. The Bertz CT molecular complexity index is 948. The number of aromatic hydroxyl groups is 1.